The summed E-state index contributed by atoms with van der Waals surface area (Å²) >= 11 is 0. The van der Waals surface area contributed by atoms with Crippen molar-refractivity contribution < 1.29 is 9.53 Å². The third kappa shape index (κ3) is 2.96. The van der Waals surface area contributed by atoms with E-state index in [9.17, 15) is 4.79 Å². The molecule has 2 heterocycles. The second-order valence-electron chi connectivity index (χ2n) is 6.08. The lowest BCUT2D eigenvalue weighted by atomic mass is 9.81. The number of amides is 1. The van der Waals surface area contributed by atoms with E-state index in [1.807, 2.05) is 13.2 Å². The summed E-state index contributed by atoms with van der Waals surface area (Å²) in [7, 11) is 3.66. The Bertz CT molecular complexity index is 502. The molecule has 2 aliphatic rings. The van der Waals surface area contributed by atoms with Crippen molar-refractivity contribution in [3.05, 3.63) is 18.0 Å². The van der Waals surface area contributed by atoms with Crippen LogP contribution in [-0.4, -0.2) is 41.5 Å². The summed E-state index contributed by atoms with van der Waals surface area (Å²) in [5, 5.41) is 10.5. The van der Waals surface area contributed by atoms with Gasteiger partial charge in [0.25, 0.3) is 0 Å². The first-order chi connectivity index (χ1) is 10.2. The van der Waals surface area contributed by atoms with Gasteiger partial charge in [-0.25, -0.2) is 0 Å². The second-order valence-corrected chi connectivity index (χ2v) is 6.08. The standard InChI is InChI=1S/C15H24N4O2/c1-16-14(10-8-17-19(2)9-10)15(20)18-12-4-3-5-13-11(12)6-7-21-13/h8-9,11-14,16H,3-7H2,1-2H3,(H,18,20). The maximum Gasteiger partial charge on any atom is 0.242 e. The molecule has 0 aromatic carbocycles. The first kappa shape index (κ1) is 14.5. The number of nitrogens with one attached hydrogen (secondary N) is 2. The van der Waals surface area contributed by atoms with Crippen molar-refractivity contribution in [2.75, 3.05) is 13.7 Å². The zero-order valence-corrected chi connectivity index (χ0v) is 12.7. The highest BCUT2D eigenvalue weighted by atomic mass is 16.5. The fourth-order valence-electron chi connectivity index (χ4n) is 3.66. The summed E-state index contributed by atoms with van der Waals surface area (Å²) in [6.45, 7) is 0.833. The Hall–Kier alpha value is -1.40. The molecule has 21 heavy (non-hydrogen) atoms. The van der Waals surface area contributed by atoms with Gasteiger partial charge in [-0.15, -0.1) is 0 Å². The van der Waals surface area contributed by atoms with E-state index < -0.39 is 0 Å². The van der Waals surface area contributed by atoms with Gasteiger partial charge in [0.15, 0.2) is 0 Å². The monoisotopic (exact) mass is 292 g/mol. The minimum atomic E-state index is -0.346. The Morgan fingerprint density at radius 1 is 1.48 bits per heavy atom. The van der Waals surface area contributed by atoms with E-state index in [0.717, 1.165) is 37.9 Å². The topological polar surface area (TPSA) is 68.2 Å². The molecule has 4 atom stereocenters. The number of ether oxygens (including phenoxy) is 1. The summed E-state index contributed by atoms with van der Waals surface area (Å²) in [5.41, 5.74) is 0.896. The second kappa shape index (κ2) is 6.15. The van der Waals surface area contributed by atoms with E-state index in [-0.39, 0.29) is 18.0 Å². The molecular weight excluding hydrogens is 268 g/mol. The van der Waals surface area contributed by atoms with E-state index >= 15 is 0 Å². The maximum absolute atomic E-state index is 12.6. The molecule has 116 valence electrons. The van der Waals surface area contributed by atoms with Crippen molar-refractivity contribution in [1.29, 1.82) is 0 Å². The first-order valence-electron chi connectivity index (χ1n) is 7.77. The molecule has 1 amide bonds. The highest BCUT2D eigenvalue weighted by Crippen LogP contribution is 2.34. The van der Waals surface area contributed by atoms with Gasteiger partial charge >= 0.3 is 0 Å². The van der Waals surface area contributed by atoms with Gasteiger partial charge in [0, 0.05) is 37.4 Å². The van der Waals surface area contributed by atoms with E-state index in [0.29, 0.717) is 12.0 Å². The van der Waals surface area contributed by atoms with Crippen LogP contribution in [0.25, 0.3) is 0 Å². The quantitative estimate of drug-likeness (QED) is 0.859. The van der Waals surface area contributed by atoms with Crippen LogP contribution in [0.4, 0.5) is 0 Å². The van der Waals surface area contributed by atoms with Crippen LogP contribution in [0.3, 0.4) is 0 Å². The number of aromatic nitrogens is 2. The van der Waals surface area contributed by atoms with Gasteiger partial charge in [-0.3, -0.25) is 9.48 Å². The van der Waals surface area contributed by atoms with Gasteiger partial charge in [0.05, 0.1) is 12.3 Å². The van der Waals surface area contributed by atoms with Crippen LogP contribution in [0.15, 0.2) is 12.4 Å². The number of fused-ring (bicyclic) bond motifs is 1. The number of hydrogen-bond acceptors (Lipinski definition) is 4. The fourth-order valence-corrected chi connectivity index (χ4v) is 3.66. The van der Waals surface area contributed by atoms with Gasteiger partial charge in [-0.1, -0.05) is 0 Å². The predicted octanol–water partition coefficient (Wildman–Crippen LogP) is 0.754. The minimum absolute atomic E-state index is 0.0306. The van der Waals surface area contributed by atoms with Gasteiger partial charge in [0.1, 0.15) is 6.04 Å². The normalized spacial score (nSPS) is 29.9. The summed E-state index contributed by atoms with van der Waals surface area (Å²) in [4.78, 5) is 12.6. The highest BCUT2D eigenvalue weighted by Gasteiger charge is 2.39. The molecule has 1 aromatic rings. The molecule has 3 rings (SSSR count). The maximum atomic E-state index is 12.6. The average Bonchev–Trinajstić information content (AvgIpc) is 3.09. The molecule has 0 radical (unpaired) electrons. The Morgan fingerprint density at radius 3 is 3.05 bits per heavy atom. The van der Waals surface area contributed by atoms with Crippen LogP contribution in [0.2, 0.25) is 0 Å². The largest absolute Gasteiger partial charge is 0.378 e. The Labute approximate surface area is 125 Å². The van der Waals surface area contributed by atoms with Crippen LogP contribution in [0, 0.1) is 5.92 Å². The lowest BCUT2D eigenvalue weighted by Crippen LogP contribution is -2.48. The number of aryl methyl sites for hydroxylation is 1. The van der Waals surface area contributed by atoms with Crippen molar-refractivity contribution in [2.24, 2.45) is 13.0 Å². The number of nitrogens with zero attached hydrogens (tertiary/aromatic N) is 2. The third-order valence-electron chi connectivity index (χ3n) is 4.72. The molecule has 1 aliphatic heterocycles. The summed E-state index contributed by atoms with van der Waals surface area (Å²) in [5.74, 6) is 0.511. The van der Waals surface area contributed by atoms with Crippen molar-refractivity contribution in [2.45, 2.75) is 43.9 Å². The zero-order valence-electron chi connectivity index (χ0n) is 12.7. The van der Waals surface area contributed by atoms with Crippen LogP contribution in [-0.2, 0) is 16.6 Å². The third-order valence-corrected chi connectivity index (χ3v) is 4.72. The number of rotatable bonds is 4. The van der Waals surface area contributed by atoms with E-state index in [1.54, 1.807) is 17.9 Å². The van der Waals surface area contributed by atoms with Crippen LogP contribution < -0.4 is 10.6 Å². The highest BCUT2D eigenvalue weighted by molar-refractivity contribution is 5.83. The number of hydrogen-bond donors (Lipinski definition) is 2. The van der Waals surface area contributed by atoms with Crippen molar-refractivity contribution >= 4 is 5.91 Å². The molecule has 1 saturated carbocycles. The van der Waals surface area contributed by atoms with E-state index in [2.05, 4.69) is 15.7 Å². The molecule has 1 aliphatic carbocycles. The SMILES string of the molecule is CNC(C(=O)NC1CCCC2OCCC12)c1cnn(C)c1. The van der Waals surface area contributed by atoms with Crippen LogP contribution >= 0.6 is 0 Å². The van der Waals surface area contributed by atoms with Crippen LogP contribution in [0.5, 0.6) is 0 Å². The lowest BCUT2D eigenvalue weighted by Gasteiger charge is -2.34. The molecular formula is C15H24N4O2. The van der Waals surface area contributed by atoms with E-state index in [1.165, 1.54) is 0 Å². The average molecular weight is 292 g/mol. The molecule has 6 nitrogen and oxygen atoms in total. The number of carbonyl (C=O) groups is 1. The molecule has 0 bridgehead atoms. The zero-order chi connectivity index (χ0) is 14.8. The smallest absolute Gasteiger partial charge is 0.242 e. The molecule has 0 spiro atoms. The number of carbonyl (C=O) groups excluding carboxylic acids is 1. The predicted molar refractivity (Wildman–Crippen MR) is 78.6 cm³/mol. The molecule has 1 aromatic heterocycles. The van der Waals surface area contributed by atoms with Gasteiger partial charge in [-0.05, 0) is 32.7 Å². The molecule has 2 N–H and O–H groups in total. The first-order valence-corrected chi connectivity index (χ1v) is 7.77. The van der Waals surface area contributed by atoms with Gasteiger partial charge < -0.3 is 15.4 Å². The van der Waals surface area contributed by atoms with Crippen molar-refractivity contribution in [1.82, 2.24) is 20.4 Å². The Balaban J connectivity index is 1.66. The molecule has 2 fully saturated rings. The Kier molecular flexibility index (Phi) is 4.26. The van der Waals surface area contributed by atoms with Gasteiger partial charge in [0.2, 0.25) is 5.91 Å². The van der Waals surface area contributed by atoms with Crippen molar-refractivity contribution in [3.63, 3.8) is 0 Å². The van der Waals surface area contributed by atoms with Crippen LogP contribution in [0.1, 0.15) is 37.3 Å². The van der Waals surface area contributed by atoms with Crippen molar-refractivity contribution in [3.8, 4) is 0 Å². The van der Waals surface area contributed by atoms with Gasteiger partial charge in [-0.2, -0.15) is 5.10 Å². The fraction of sp³-hybridized carbons (Fsp3) is 0.733. The minimum Gasteiger partial charge on any atom is -0.378 e. The summed E-state index contributed by atoms with van der Waals surface area (Å²) < 4.78 is 7.48. The summed E-state index contributed by atoms with van der Waals surface area (Å²) in [6, 6.07) is -0.104. The number of likely N-dealkylation sites (N-methyl/N-ethyl adjacent to an activating group) is 1. The molecule has 4 unspecified atom stereocenters. The lowest BCUT2D eigenvalue weighted by molar-refractivity contribution is -0.124. The molecule has 6 heteroatoms. The van der Waals surface area contributed by atoms with E-state index in [4.69, 9.17) is 4.74 Å². The Morgan fingerprint density at radius 2 is 2.33 bits per heavy atom. The summed E-state index contributed by atoms with van der Waals surface area (Å²) in [6.07, 6.45) is 8.34. The molecule has 1 saturated heterocycles.